The van der Waals surface area contributed by atoms with Gasteiger partial charge in [0, 0.05) is 12.4 Å². The molecule has 0 bridgehead atoms. The van der Waals surface area contributed by atoms with E-state index in [4.69, 9.17) is 0 Å². The number of nitrogens with zero attached hydrogens (tertiary/aromatic N) is 1. The number of nitrogens with two attached hydrogens (primary N) is 1. The Kier molecular flexibility index (Phi) is 2.01. The van der Waals surface area contributed by atoms with Gasteiger partial charge in [-0.15, -0.1) is 0 Å². The average Bonchev–Trinajstić information content (AvgIpc) is 2.21. The summed E-state index contributed by atoms with van der Waals surface area (Å²) >= 11 is 0. The Bertz CT molecular complexity index is 312. The minimum Gasteiger partial charge on any atom is -0.317 e. The highest BCUT2D eigenvalue weighted by atomic mass is 14.8. The van der Waals surface area contributed by atoms with Gasteiger partial charge < -0.3 is 5.32 Å². The number of rotatable bonds is 1. The zero-order valence-electron chi connectivity index (χ0n) is 6.77. The summed E-state index contributed by atoms with van der Waals surface area (Å²) in [5.74, 6) is 0. The van der Waals surface area contributed by atoms with Gasteiger partial charge in [-0.05, 0) is 35.4 Å². The summed E-state index contributed by atoms with van der Waals surface area (Å²) in [6.45, 7) is 1.04. The molecule has 2 heterocycles. The zero-order valence-corrected chi connectivity index (χ0v) is 6.77. The molecule has 1 aliphatic rings. The Hall–Kier alpha value is -1.41. The number of hydrogen-bond acceptors (Lipinski definition) is 1. The maximum Gasteiger partial charge on any atom is 0.0993 e. The highest BCUT2D eigenvalue weighted by Gasteiger charge is 2.00. The van der Waals surface area contributed by atoms with E-state index < -0.39 is 0 Å². The molecule has 0 atom stereocenters. The number of pyridine rings is 1. The lowest BCUT2D eigenvalue weighted by atomic mass is 10.1. The van der Waals surface area contributed by atoms with Crippen molar-refractivity contribution in [1.82, 2.24) is 4.98 Å². The first-order chi connectivity index (χ1) is 5.97. The topological polar surface area (TPSA) is 29.5 Å². The van der Waals surface area contributed by atoms with Crippen LogP contribution in [0.25, 0.3) is 5.57 Å². The molecule has 1 aromatic rings. The summed E-state index contributed by atoms with van der Waals surface area (Å²) in [6.07, 6.45) is 10.1. The van der Waals surface area contributed by atoms with Gasteiger partial charge in [0.2, 0.25) is 0 Å². The molecule has 60 valence electrons. The number of hydrogen-bond donors (Lipinski definition) is 1. The molecule has 1 aromatic heterocycles. The molecule has 2 N–H and O–H groups in total. The van der Waals surface area contributed by atoms with Crippen molar-refractivity contribution in [3.8, 4) is 0 Å². The van der Waals surface area contributed by atoms with Crippen LogP contribution in [0.15, 0.2) is 42.9 Å². The first kappa shape index (κ1) is 7.25. The molecule has 0 unspecified atom stereocenters. The minimum absolute atomic E-state index is 1.04. The molecule has 12 heavy (non-hydrogen) atoms. The van der Waals surface area contributed by atoms with E-state index in [9.17, 15) is 0 Å². The summed E-state index contributed by atoms with van der Waals surface area (Å²) < 4.78 is 0. The molecule has 2 heteroatoms. The summed E-state index contributed by atoms with van der Waals surface area (Å²) in [5.41, 5.74) is 2.54. The van der Waals surface area contributed by atoms with Crippen molar-refractivity contribution >= 4 is 5.57 Å². The Balaban J connectivity index is 2.31. The second-order valence-corrected chi connectivity index (χ2v) is 2.73. The first-order valence-corrected chi connectivity index (χ1v) is 4.07. The Morgan fingerprint density at radius 2 is 2.08 bits per heavy atom. The van der Waals surface area contributed by atoms with E-state index in [1.165, 1.54) is 11.1 Å². The fraction of sp³-hybridized carbons (Fsp3) is 0.100. The van der Waals surface area contributed by atoms with Gasteiger partial charge in [-0.1, -0.05) is 0 Å². The van der Waals surface area contributed by atoms with Gasteiger partial charge in [0.25, 0.3) is 0 Å². The standard InChI is InChI=1S/C10H10N2/c1-5-11-6-2-9(1)10-3-7-12-8-4-10/h1-7,12H,8H2/p+1. The van der Waals surface area contributed by atoms with Gasteiger partial charge >= 0.3 is 0 Å². The van der Waals surface area contributed by atoms with Crippen LogP contribution in [0.5, 0.6) is 0 Å². The average molecular weight is 159 g/mol. The fourth-order valence-corrected chi connectivity index (χ4v) is 1.27. The predicted octanol–water partition coefficient (Wildman–Crippen LogP) is 0.556. The molecule has 0 amide bonds. The Morgan fingerprint density at radius 1 is 1.25 bits per heavy atom. The first-order valence-electron chi connectivity index (χ1n) is 4.07. The van der Waals surface area contributed by atoms with Crippen molar-refractivity contribution in [2.24, 2.45) is 0 Å². The Morgan fingerprint density at radius 3 is 2.75 bits per heavy atom. The zero-order chi connectivity index (χ0) is 8.23. The monoisotopic (exact) mass is 159 g/mol. The predicted molar refractivity (Wildman–Crippen MR) is 48.1 cm³/mol. The molecule has 2 rings (SSSR count). The number of aromatic nitrogens is 1. The van der Waals surface area contributed by atoms with E-state index in [1.807, 2.05) is 24.5 Å². The highest BCUT2D eigenvalue weighted by Crippen LogP contribution is 2.13. The third kappa shape index (κ3) is 1.43. The van der Waals surface area contributed by atoms with Crippen molar-refractivity contribution in [3.63, 3.8) is 0 Å². The largest absolute Gasteiger partial charge is 0.317 e. The highest BCUT2D eigenvalue weighted by molar-refractivity contribution is 5.73. The summed E-state index contributed by atoms with van der Waals surface area (Å²) in [4.78, 5) is 3.98. The Labute approximate surface area is 71.6 Å². The van der Waals surface area contributed by atoms with Gasteiger partial charge in [-0.3, -0.25) is 4.98 Å². The summed E-state index contributed by atoms with van der Waals surface area (Å²) in [5, 5.41) is 2.14. The van der Waals surface area contributed by atoms with Crippen molar-refractivity contribution in [1.29, 1.82) is 0 Å². The molecule has 0 fully saturated rings. The van der Waals surface area contributed by atoms with Crippen LogP contribution in [0.2, 0.25) is 0 Å². The van der Waals surface area contributed by atoms with Crippen LogP contribution in [0.1, 0.15) is 5.56 Å². The molecular formula is C10H11N2+. The van der Waals surface area contributed by atoms with Gasteiger partial charge in [0.05, 0.1) is 12.7 Å². The van der Waals surface area contributed by atoms with Crippen molar-refractivity contribution in [3.05, 3.63) is 48.4 Å². The molecular weight excluding hydrogens is 148 g/mol. The molecule has 0 saturated heterocycles. The number of allylic oxidation sites excluding steroid dienone is 2. The van der Waals surface area contributed by atoms with Gasteiger partial charge in [-0.2, -0.15) is 0 Å². The van der Waals surface area contributed by atoms with Crippen LogP contribution < -0.4 is 5.32 Å². The van der Waals surface area contributed by atoms with Crippen LogP contribution in [0.3, 0.4) is 0 Å². The third-order valence-corrected chi connectivity index (χ3v) is 1.90. The second kappa shape index (κ2) is 3.32. The molecule has 0 saturated carbocycles. The second-order valence-electron chi connectivity index (χ2n) is 2.73. The summed E-state index contributed by atoms with van der Waals surface area (Å²) in [6, 6.07) is 4.06. The van der Waals surface area contributed by atoms with E-state index >= 15 is 0 Å². The van der Waals surface area contributed by atoms with E-state index in [-0.39, 0.29) is 0 Å². The van der Waals surface area contributed by atoms with Gasteiger partial charge in [0.1, 0.15) is 0 Å². The maximum absolute atomic E-state index is 3.98. The molecule has 0 radical (unpaired) electrons. The molecule has 0 aromatic carbocycles. The molecule has 2 nitrogen and oxygen atoms in total. The van der Waals surface area contributed by atoms with Crippen molar-refractivity contribution < 1.29 is 5.32 Å². The molecule has 0 spiro atoms. The van der Waals surface area contributed by atoms with Gasteiger partial charge in [0.15, 0.2) is 0 Å². The van der Waals surface area contributed by atoms with E-state index in [0.717, 1.165) is 6.54 Å². The summed E-state index contributed by atoms with van der Waals surface area (Å²) in [7, 11) is 0. The fourth-order valence-electron chi connectivity index (χ4n) is 1.27. The smallest absolute Gasteiger partial charge is 0.0993 e. The van der Waals surface area contributed by atoms with Crippen LogP contribution in [-0.2, 0) is 0 Å². The number of quaternary nitrogens is 1. The normalized spacial score (nSPS) is 15.8. The van der Waals surface area contributed by atoms with E-state index in [0.29, 0.717) is 0 Å². The van der Waals surface area contributed by atoms with Crippen LogP contribution in [0, 0.1) is 0 Å². The maximum atomic E-state index is 3.98. The van der Waals surface area contributed by atoms with E-state index in [1.54, 1.807) is 0 Å². The van der Waals surface area contributed by atoms with Crippen LogP contribution in [0.4, 0.5) is 0 Å². The quantitative estimate of drug-likeness (QED) is 0.637. The SMILES string of the molecule is C1=CC(c2ccncc2)=CC[NH2+]1. The van der Waals surface area contributed by atoms with Crippen molar-refractivity contribution in [2.45, 2.75) is 0 Å². The van der Waals surface area contributed by atoms with Crippen LogP contribution >= 0.6 is 0 Å². The van der Waals surface area contributed by atoms with Gasteiger partial charge in [-0.25, -0.2) is 0 Å². The van der Waals surface area contributed by atoms with E-state index in [2.05, 4.69) is 28.7 Å². The molecule has 0 aliphatic carbocycles. The lowest BCUT2D eigenvalue weighted by Crippen LogP contribution is -2.78. The molecule has 1 aliphatic heterocycles. The lowest BCUT2D eigenvalue weighted by molar-refractivity contribution is -0.578. The lowest BCUT2D eigenvalue weighted by Gasteiger charge is -2.04. The van der Waals surface area contributed by atoms with Crippen molar-refractivity contribution in [2.75, 3.05) is 6.54 Å². The minimum atomic E-state index is 1.04. The third-order valence-electron chi connectivity index (χ3n) is 1.90. The van der Waals surface area contributed by atoms with Crippen LogP contribution in [-0.4, -0.2) is 11.5 Å².